The molecule has 5 aromatic rings. The monoisotopic (exact) mass is 601 g/mol. The van der Waals surface area contributed by atoms with Gasteiger partial charge in [-0.1, -0.05) is 82.5 Å². The molecular weight excluding hydrogens is 562 g/mol. The van der Waals surface area contributed by atoms with E-state index in [1.54, 1.807) is 61.7 Å². The molecule has 0 aliphatic carbocycles. The molecule has 45 heavy (non-hydrogen) atoms. The van der Waals surface area contributed by atoms with E-state index < -0.39 is 5.91 Å². The van der Waals surface area contributed by atoms with Crippen LogP contribution in [-0.4, -0.2) is 18.1 Å². The van der Waals surface area contributed by atoms with Gasteiger partial charge in [-0.2, -0.15) is 5.11 Å². The van der Waals surface area contributed by atoms with Crippen molar-refractivity contribution in [3.05, 3.63) is 114 Å². The first-order valence-corrected chi connectivity index (χ1v) is 15.3. The van der Waals surface area contributed by atoms with Crippen molar-refractivity contribution in [2.24, 2.45) is 10.2 Å². The molecule has 0 aliphatic heterocycles. The average Bonchev–Trinajstić information content (AvgIpc) is 3.06. The Bertz CT molecular complexity index is 1800. The summed E-state index contributed by atoms with van der Waals surface area (Å²) in [5.41, 5.74) is 3.12. The third-order valence-electron chi connectivity index (χ3n) is 7.95. The second-order valence-electron chi connectivity index (χ2n) is 11.7. The van der Waals surface area contributed by atoms with E-state index in [-0.39, 0.29) is 16.7 Å². The molecule has 1 amide bonds. The number of carbonyl (C=O) groups excluding carboxylic acids is 1. The topological polar surface area (TPSA) is 92.5 Å². The van der Waals surface area contributed by atoms with Crippen LogP contribution in [-0.2, 0) is 5.41 Å². The second-order valence-corrected chi connectivity index (χ2v) is 11.7. The molecule has 5 rings (SSSR count). The smallest absolute Gasteiger partial charge is 0.259 e. The number of nitrogens with zero attached hydrogens (tertiary/aromatic N) is 2. The highest BCUT2D eigenvalue weighted by molar-refractivity contribution is 6.12. The number of aromatic hydroxyl groups is 1. The number of azo groups is 1. The number of fused-ring (bicyclic) bond motifs is 1. The van der Waals surface area contributed by atoms with Crippen molar-refractivity contribution in [1.82, 2.24) is 0 Å². The van der Waals surface area contributed by atoms with Crippen LogP contribution in [0.5, 0.6) is 23.0 Å². The largest absolute Gasteiger partial charge is 0.506 e. The fraction of sp³-hybridized carbons (Fsp3) is 0.237. The molecule has 7 heteroatoms. The van der Waals surface area contributed by atoms with Gasteiger partial charge in [0.1, 0.15) is 23.0 Å². The lowest BCUT2D eigenvalue weighted by Crippen LogP contribution is -2.16. The maximum atomic E-state index is 13.4. The highest BCUT2D eigenvalue weighted by atomic mass is 16.5. The number of hydrogen-bond acceptors (Lipinski definition) is 6. The highest BCUT2D eigenvalue weighted by Crippen LogP contribution is 2.38. The number of carbonyl (C=O) groups is 1. The average molecular weight is 602 g/mol. The number of amides is 1. The molecule has 2 N–H and O–H groups in total. The van der Waals surface area contributed by atoms with Crippen LogP contribution < -0.4 is 14.8 Å². The summed E-state index contributed by atoms with van der Waals surface area (Å²) in [6.45, 7) is 6.80. The number of unbranched alkanes of at least 4 members (excludes halogenated alkanes) is 2. The molecule has 0 atom stereocenters. The third kappa shape index (κ3) is 7.68. The maximum absolute atomic E-state index is 13.4. The van der Waals surface area contributed by atoms with Gasteiger partial charge in [0.15, 0.2) is 0 Å². The number of phenolic OH excluding ortho intramolecular Hbond substituents is 1. The Morgan fingerprint density at radius 2 is 1.49 bits per heavy atom. The van der Waals surface area contributed by atoms with Crippen molar-refractivity contribution < 1.29 is 19.4 Å². The van der Waals surface area contributed by atoms with Gasteiger partial charge in [-0.3, -0.25) is 4.79 Å². The number of benzene rings is 5. The van der Waals surface area contributed by atoms with Crippen molar-refractivity contribution in [3.8, 4) is 23.0 Å². The van der Waals surface area contributed by atoms with E-state index in [4.69, 9.17) is 9.47 Å². The SMILES string of the molecule is CCCCCC(C)(C)c1ccc(Oc2ccc(NC(=O)c3cc(N=Nc4cccc(OC)c4)c4ccccc4c3O)cc2)cc1. The van der Waals surface area contributed by atoms with Crippen LogP contribution in [0.15, 0.2) is 113 Å². The van der Waals surface area contributed by atoms with E-state index in [2.05, 4.69) is 48.4 Å². The van der Waals surface area contributed by atoms with E-state index in [1.165, 1.54) is 24.8 Å². The molecule has 5 aromatic carbocycles. The number of phenols is 1. The lowest BCUT2D eigenvalue weighted by molar-refractivity contribution is 0.102. The molecular formula is C38H39N3O4. The van der Waals surface area contributed by atoms with E-state index in [0.717, 1.165) is 12.2 Å². The zero-order valence-electron chi connectivity index (χ0n) is 26.2. The molecule has 0 radical (unpaired) electrons. The zero-order valence-corrected chi connectivity index (χ0v) is 26.2. The highest BCUT2D eigenvalue weighted by Gasteiger charge is 2.20. The van der Waals surface area contributed by atoms with Gasteiger partial charge in [-0.25, -0.2) is 0 Å². The van der Waals surface area contributed by atoms with Crippen LogP contribution in [0.2, 0.25) is 0 Å². The van der Waals surface area contributed by atoms with Gasteiger partial charge in [-0.15, -0.1) is 5.11 Å². The van der Waals surface area contributed by atoms with Gasteiger partial charge in [0.05, 0.1) is 24.0 Å². The van der Waals surface area contributed by atoms with Crippen molar-refractivity contribution in [1.29, 1.82) is 0 Å². The first-order valence-electron chi connectivity index (χ1n) is 15.3. The molecule has 0 fully saturated rings. The van der Waals surface area contributed by atoms with Crippen LogP contribution in [0.3, 0.4) is 0 Å². The molecule has 0 aliphatic rings. The summed E-state index contributed by atoms with van der Waals surface area (Å²) in [5.74, 6) is 1.46. The Morgan fingerprint density at radius 3 is 2.18 bits per heavy atom. The molecule has 0 aromatic heterocycles. The Labute approximate surface area is 264 Å². The number of hydrogen-bond donors (Lipinski definition) is 2. The third-order valence-corrected chi connectivity index (χ3v) is 7.95. The van der Waals surface area contributed by atoms with Crippen LogP contribution in [0.25, 0.3) is 10.8 Å². The molecule has 0 spiro atoms. The fourth-order valence-electron chi connectivity index (χ4n) is 5.26. The number of anilines is 1. The van der Waals surface area contributed by atoms with Gasteiger partial charge in [0.2, 0.25) is 0 Å². The Kier molecular flexibility index (Phi) is 9.78. The van der Waals surface area contributed by atoms with Crippen molar-refractivity contribution in [3.63, 3.8) is 0 Å². The summed E-state index contributed by atoms with van der Waals surface area (Å²) in [6, 6.07) is 31.4. The molecule has 7 nitrogen and oxygen atoms in total. The van der Waals surface area contributed by atoms with E-state index in [9.17, 15) is 9.90 Å². The summed E-state index contributed by atoms with van der Waals surface area (Å²) in [7, 11) is 1.59. The molecule has 0 unspecified atom stereocenters. The second kappa shape index (κ2) is 14.1. The number of ether oxygens (including phenoxy) is 2. The summed E-state index contributed by atoms with van der Waals surface area (Å²) < 4.78 is 11.3. The van der Waals surface area contributed by atoms with E-state index in [0.29, 0.717) is 39.3 Å². The van der Waals surface area contributed by atoms with Crippen LogP contribution in [0, 0.1) is 0 Å². The standard InChI is InChI=1S/C38H39N3O4/c1-5-6-9-23-38(2,3)26-15-19-29(20-16-26)45-30-21-17-27(18-22-30)39-37(43)34-25-35(32-13-7-8-14-33(32)36(34)42)41-40-28-11-10-12-31(24-28)44-4/h7-8,10-22,24-25,42H,5-6,9,23H2,1-4H3,(H,39,43). The van der Waals surface area contributed by atoms with Gasteiger partial charge < -0.3 is 19.9 Å². The molecule has 0 bridgehead atoms. The van der Waals surface area contributed by atoms with Crippen molar-refractivity contribution in [2.45, 2.75) is 51.9 Å². The Hall–Kier alpha value is -5.17. The quantitative estimate of drug-likeness (QED) is 0.110. The lowest BCUT2D eigenvalue weighted by atomic mass is 9.80. The van der Waals surface area contributed by atoms with E-state index in [1.807, 2.05) is 36.4 Å². The van der Waals surface area contributed by atoms with Crippen LogP contribution >= 0.6 is 0 Å². The van der Waals surface area contributed by atoms with Gasteiger partial charge in [0.25, 0.3) is 5.91 Å². The van der Waals surface area contributed by atoms with Crippen LogP contribution in [0.4, 0.5) is 17.1 Å². The number of methoxy groups -OCH3 is 1. The summed E-state index contributed by atoms with van der Waals surface area (Å²) in [4.78, 5) is 13.4. The van der Waals surface area contributed by atoms with Crippen LogP contribution in [0.1, 0.15) is 62.4 Å². The van der Waals surface area contributed by atoms with Crippen molar-refractivity contribution >= 4 is 33.7 Å². The Morgan fingerprint density at radius 1 is 0.800 bits per heavy atom. The maximum Gasteiger partial charge on any atom is 0.259 e. The van der Waals surface area contributed by atoms with Crippen molar-refractivity contribution in [2.75, 3.05) is 12.4 Å². The minimum absolute atomic E-state index is 0.0892. The summed E-state index contributed by atoms with van der Waals surface area (Å²) in [6.07, 6.45) is 4.85. The molecule has 230 valence electrons. The predicted octanol–water partition coefficient (Wildman–Crippen LogP) is 10.9. The first kappa shape index (κ1) is 31.3. The summed E-state index contributed by atoms with van der Waals surface area (Å²) in [5, 5.41) is 23.9. The lowest BCUT2D eigenvalue weighted by Gasteiger charge is -2.25. The molecule has 0 saturated carbocycles. The first-order chi connectivity index (χ1) is 21.8. The molecule has 0 saturated heterocycles. The Balaban J connectivity index is 1.30. The summed E-state index contributed by atoms with van der Waals surface area (Å²) >= 11 is 0. The van der Waals surface area contributed by atoms with Gasteiger partial charge in [0, 0.05) is 22.5 Å². The number of rotatable bonds is 12. The minimum atomic E-state index is -0.470. The van der Waals surface area contributed by atoms with Gasteiger partial charge in [-0.05, 0) is 72.0 Å². The minimum Gasteiger partial charge on any atom is -0.506 e. The predicted molar refractivity (Wildman–Crippen MR) is 181 cm³/mol. The fourth-order valence-corrected chi connectivity index (χ4v) is 5.26. The van der Waals surface area contributed by atoms with E-state index >= 15 is 0 Å². The number of nitrogens with one attached hydrogen (secondary N) is 1. The normalized spacial score (nSPS) is 11.6. The van der Waals surface area contributed by atoms with Gasteiger partial charge >= 0.3 is 0 Å². The molecule has 0 heterocycles. The zero-order chi connectivity index (χ0) is 31.8.